The van der Waals surface area contributed by atoms with Gasteiger partial charge in [-0.3, -0.25) is 37.3 Å². The number of aliphatic hydroxyl groups is 1. The summed E-state index contributed by atoms with van der Waals surface area (Å²) < 4.78 is 68.1. The maximum Gasteiger partial charge on any atom is 0.472 e. The van der Waals surface area contributed by atoms with E-state index in [0.29, 0.717) is 37.5 Å². The van der Waals surface area contributed by atoms with E-state index in [9.17, 15) is 43.2 Å². The van der Waals surface area contributed by atoms with E-state index < -0.39 is 97.5 Å². The van der Waals surface area contributed by atoms with E-state index in [1.54, 1.807) is 0 Å². The molecule has 0 bridgehead atoms. The second-order valence-corrected chi connectivity index (χ2v) is 28.2. The molecule has 0 rings (SSSR count). The van der Waals surface area contributed by atoms with Gasteiger partial charge in [0.05, 0.1) is 26.4 Å². The van der Waals surface area contributed by atoms with Gasteiger partial charge in [-0.15, -0.1) is 0 Å². The lowest BCUT2D eigenvalue weighted by molar-refractivity contribution is -0.161. The SMILES string of the molecule is CCCCCC/C=C\C=C/CCCCCCCC(=O)OC[C@H](COP(=O)(O)OCC(O)COP(=O)(O)OC[C@@H](COC(=O)CCCCCCCCCC(C)C)OC(=O)CCCCCCCCCCCC(C)C)OC(=O)CCCCCCCCCC(C)C. The Kier molecular flexibility index (Phi) is 57.0. The number of esters is 4. The minimum atomic E-state index is -4.96. The van der Waals surface area contributed by atoms with Gasteiger partial charge >= 0.3 is 39.5 Å². The van der Waals surface area contributed by atoms with Gasteiger partial charge in [0.1, 0.15) is 19.3 Å². The van der Waals surface area contributed by atoms with Gasteiger partial charge in [-0.1, -0.05) is 259 Å². The first-order chi connectivity index (χ1) is 41.7. The van der Waals surface area contributed by atoms with Crippen molar-refractivity contribution in [3.63, 3.8) is 0 Å². The van der Waals surface area contributed by atoms with Crippen molar-refractivity contribution in [2.75, 3.05) is 39.6 Å². The first kappa shape index (κ1) is 84.5. The molecular weight excluding hydrogens is 1150 g/mol. The second kappa shape index (κ2) is 58.6. The molecule has 0 fully saturated rings. The number of rotatable bonds is 64. The van der Waals surface area contributed by atoms with Crippen molar-refractivity contribution >= 4 is 39.5 Å². The fourth-order valence-electron chi connectivity index (χ4n) is 9.65. The largest absolute Gasteiger partial charge is 0.472 e. The van der Waals surface area contributed by atoms with Crippen molar-refractivity contribution in [3.05, 3.63) is 24.3 Å². The summed E-state index contributed by atoms with van der Waals surface area (Å²) in [5.41, 5.74) is 0. The smallest absolute Gasteiger partial charge is 0.462 e. The van der Waals surface area contributed by atoms with Crippen LogP contribution in [0.5, 0.6) is 0 Å². The first-order valence-corrected chi connectivity index (χ1v) is 37.7. The van der Waals surface area contributed by atoms with Crippen LogP contribution in [0.3, 0.4) is 0 Å². The molecular formula is C68H128O17P2. The number of unbranched alkanes of at least 4 members (excludes halogenated alkanes) is 29. The van der Waals surface area contributed by atoms with Gasteiger partial charge in [0.25, 0.3) is 0 Å². The van der Waals surface area contributed by atoms with Crippen molar-refractivity contribution < 1.29 is 80.2 Å². The summed E-state index contributed by atoms with van der Waals surface area (Å²) in [6.07, 6.45) is 44.1. The standard InChI is InChI=1S/C68H128O17P2/c1-8-9-10-11-12-13-14-15-16-17-18-21-28-35-42-49-65(70)78-55-64(85-68(73)52-45-38-31-24-27-34-41-48-61(6)7)58-83-87(76,77)81-54-62(69)53-80-86(74,75)82-57-63(56-79-66(71)50-43-36-30-23-26-33-40-47-60(4)5)84-67(72)51-44-37-29-22-19-20-25-32-39-46-59(2)3/h13-16,59-64,69H,8-12,17-58H2,1-7H3,(H,74,75)(H,76,77)/b14-13-,16-15-/t62?,63-,64-/m1/s1. The Balaban J connectivity index is 5.27. The molecule has 0 radical (unpaired) electrons. The van der Waals surface area contributed by atoms with Crippen LogP contribution in [-0.4, -0.2) is 96.7 Å². The maximum atomic E-state index is 13.0. The quantitative estimate of drug-likeness (QED) is 0.0169. The third-order valence-corrected chi connectivity index (χ3v) is 16.9. The van der Waals surface area contributed by atoms with E-state index in [4.69, 9.17) is 37.0 Å². The summed E-state index contributed by atoms with van der Waals surface area (Å²) in [5.74, 6) is -0.0333. The Morgan fingerprint density at radius 1 is 0.356 bits per heavy atom. The highest BCUT2D eigenvalue weighted by atomic mass is 31.2. The highest BCUT2D eigenvalue weighted by molar-refractivity contribution is 7.47. The van der Waals surface area contributed by atoms with Crippen LogP contribution in [-0.2, 0) is 65.4 Å². The number of carbonyl (C=O) groups excluding carboxylic acids is 4. The van der Waals surface area contributed by atoms with Crippen LogP contribution in [0.25, 0.3) is 0 Å². The molecule has 3 N–H and O–H groups in total. The first-order valence-electron chi connectivity index (χ1n) is 34.7. The zero-order valence-electron chi connectivity index (χ0n) is 56.0. The molecule has 3 unspecified atom stereocenters. The molecule has 5 atom stereocenters. The predicted octanol–water partition coefficient (Wildman–Crippen LogP) is 18.6. The molecule has 0 aromatic carbocycles. The fraction of sp³-hybridized carbons (Fsp3) is 0.882. The number of ether oxygens (including phenoxy) is 4. The predicted molar refractivity (Wildman–Crippen MR) is 349 cm³/mol. The van der Waals surface area contributed by atoms with Gasteiger partial charge in [0, 0.05) is 25.7 Å². The highest BCUT2D eigenvalue weighted by Crippen LogP contribution is 2.45. The van der Waals surface area contributed by atoms with Gasteiger partial charge < -0.3 is 33.8 Å². The summed E-state index contributed by atoms with van der Waals surface area (Å²) >= 11 is 0. The molecule has 17 nitrogen and oxygen atoms in total. The molecule has 0 spiro atoms. The molecule has 0 aliphatic rings. The van der Waals surface area contributed by atoms with E-state index in [0.717, 1.165) is 121 Å². The van der Waals surface area contributed by atoms with Gasteiger partial charge in [-0.25, -0.2) is 9.13 Å². The lowest BCUT2D eigenvalue weighted by Gasteiger charge is -2.21. The Hall–Kier alpha value is -2.46. The summed E-state index contributed by atoms with van der Waals surface area (Å²) in [7, 11) is -9.91. The molecule has 19 heteroatoms. The molecule has 512 valence electrons. The number of phosphoric acid groups is 2. The van der Waals surface area contributed by atoms with Crippen molar-refractivity contribution in [1.29, 1.82) is 0 Å². The zero-order chi connectivity index (χ0) is 64.5. The van der Waals surface area contributed by atoms with Crippen LogP contribution >= 0.6 is 15.6 Å². The average molecular weight is 1280 g/mol. The summed E-state index contributed by atoms with van der Waals surface area (Å²) in [5, 5.41) is 10.6. The average Bonchev–Trinajstić information content (AvgIpc) is 3.68. The molecule has 0 saturated carbocycles. The summed E-state index contributed by atoms with van der Waals surface area (Å²) in [6, 6.07) is 0. The van der Waals surface area contributed by atoms with E-state index in [2.05, 4.69) is 72.8 Å². The van der Waals surface area contributed by atoms with Crippen LogP contribution in [0.2, 0.25) is 0 Å². The lowest BCUT2D eigenvalue weighted by Crippen LogP contribution is -2.30. The Bertz CT molecular complexity index is 1810. The van der Waals surface area contributed by atoms with E-state index in [1.165, 1.54) is 96.3 Å². The summed E-state index contributed by atoms with van der Waals surface area (Å²) in [6.45, 7) is 11.6. The highest BCUT2D eigenvalue weighted by Gasteiger charge is 2.30. The minimum Gasteiger partial charge on any atom is -0.462 e. The molecule has 87 heavy (non-hydrogen) atoms. The Labute approximate surface area is 529 Å². The van der Waals surface area contributed by atoms with Gasteiger partial charge in [0.2, 0.25) is 0 Å². The Morgan fingerprint density at radius 2 is 0.621 bits per heavy atom. The van der Waals surface area contributed by atoms with Crippen LogP contribution in [0, 0.1) is 17.8 Å². The van der Waals surface area contributed by atoms with E-state index in [-0.39, 0.29) is 25.7 Å². The number of phosphoric ester groups is 2. The van der Waals surface area contributed by atoms with Crippen molar-refractivity contribution in [3.8, 4) is 0 Å². The zero-order valence-corrected chi connectivity index (χ0v) is 57.7. The van der Waals surface area contributed by atoms with E-state index in [1.807, 2.05) is 0 Å². The van der Waals surface area contributed by atoms with E-state index >= 15 is 0 Å². The molecule has 0 aromatic rings. The molecule has 0 heterocycles. The summed E-state index contributed by atoms with van der Waals surface area (Å²) in [4.78, 5) is 72.4. The number of carbonyl (C=O) groups is 4. The van der Waals surface area contributed by atoms with Crippen molar-refractivity contribution in [1.82, 2.24) is 0 Å². The van der Waals surface area contributed by atoms with Crippen molar-refractivity contribution in [2.45, 2.75) is 330 Å². The van der Waals surface area contributed by atoms with Crippen LogP contribution in [0.1, 0.15) is 312 Å². The molecule has 0 aromatic heterocycles. The second-order valence-electron chi connectivity index (χ2n) is 25.3. The molecule has 0 amide bonds. The topological polar surface area (TPSA) is 237 Å². The number of aliphatic hydroxyl groups excluding tert-OH is 1. The van der Waals surface area contributed by atoms with Gasteiger partial charge in [-0.2, -0.15) is 0 Å². The van der Waals surface area contributed by atoms with Crippen LogP contribution < -0.4 is 0 Å². The minimum absolute atomic E-state index is 0.0960. The van der Waals surface area contributed by atoms with Gasteiger partial charge in [0.15, 0.2) is 12.2 Å². The Morgan fingerprint density at radius 3 is 0.931 bits per heavy atom. The van der Waals surface area contributed by atoms with Crippen LogP contribution in [0.4, 0.5) is 0 Å². The molecule has 0 aliphatic heterocycles. The fourth-order valence-corrected chi connectivity index (χ4v) is 11.2. The maximum absolute atomic E-state index is 13.0. The normalized spacial score (nSPS) is 14.4. The number of hydrogen-bond donors (Lipinski definition) is 3. The lowest BCUT2D eigenvalue weighted by atomic mass is 10.0. The monoisotopic (exact) mass is 1280 g/mol. The van der Waals surface area contributed by atoms with Crippen LogP contribution in [0.15, 0.2) is 24.3 Å². The third kappa shape index (κ3) is 62.1. The number of allylic oxidation sites excluding steroid dienone is 4. The van der Waals surface area contributed by atoms with Gasteiger partial charge in [-0.05, 0) is 69.1 Å². The molecule has 0 aliphatic carbocycles. The number of hydrogen-bond acceptors (Lipinski definition) is 15. The molecule has 0 saturated heterocycles. The van der Waals surface area contributed by atoms with Crippen molar-refractivity contribution in [2.24, 2.45) is 17.8 Å². The third-order valence-electron chi connectivity index (χ3n) is 15.0.